The Bertz CT molecular complexity index is 689. The van der Waals surface area contributed by atoms with Crippen LogP contribution < -0.4 is 5.14 Å². The van der Waals surface area contributed by atoms with Crippen LogP contribution in [0, 0.1) is 5.92 Å². The zero-order valence-electron chi connectivity index (χ0n) is 14.9. The molecule has 0 aliphatic heterocycles. The highest BCUT2D eigenvalue weighted by molar-refractivity contribution is 7.89. The fourth-order valence-electron chi connectivity index (χ4n) is 2.59. The molecule has 0 atom stereocenters. The van der Waals surface area contributed by atoms with E-state index in [9.17, 15) is 18.0 Å². The standard InChI is InChI=1S/C19H27NO4S/c1-3-18(21)17(19(22)4-2)10-8-6-5-7-9-15-11-13-16(14-12-15)25(20,23)24/h5-6,11-14,17H,3-4,7-10H2,1-2H3,(H2,20,23,24)/b6-5+. The lowest BCUT2D eigenvalue weighted by molar-refractivity contribution is -0.132. The number of nitrogens with two attached hydrogens (primary N) is 1. The second-order valence-corrected chi connectivity index (χ2v) is 7.53. The number of primary sulfonamides is 1. The van der Waals surface area contributed by atoms with Crippen LogP contribution in [-0.2, 0) is 26.0 Å². The first-order valence-corrected chi connectivity index (χ1v) is 10.2. The summed E-state index contributed by atoms with van der Waals surface area (Å²) in [5, 5.41) is 5.06. The second kappa shape index (κ2) is 10.3. The number of Topliss-reactive ketones (excluding diaryl/α,β-unsaturated/α-hetero) is 2. The van der Waals surface area contributed by atoms with Gasteiger partial charge in [-0.3, -0.25) is 9.59 Å². The molecule has 1 aromatic carbocycles. The van der Waals surface area contributed by atoms with Crippen LogP contribution in [0.4, 0.5) is 0 Å². The highest BCUT2D eigenvalue weighted by Crippen LogP contribution is 2.15. The molecule has 1 aromatic rings. The first kappa shape index (κ1) is 21.3. The van der Waals surface area contributed by atoms with Gasteiger partial charge in [-0.1, -0.05) is 38.1 Å². The quantitative estimate of drug-likeness (QED) is 0.481. The van der Waals surface area contributed by atoms with Gasteiger partial charge in [-0.05, 0) is 43.4 Å². The molecule has 2 N–H and O–H groups in total. The number of hydrogen-bond donors (Lipinski definition) is 1. The van der Waals surface area contributed by atoms with E-state index in [1.165, 1.54) is 12.1 Å². The van der Waals surface area contributed by atoms with E-state index in [4.69, 9.17) is 5.14 Å². The van der Waals surface area contributed by atoms with Crippen LogP contribution in [0.3, 0.4) is 0 Å². The minimum Gasteiger partial charge on any atom is -0.299 e. The van der Waals surface area contributed by atoms with Crippen LogP contribution in [0.15, 0.2) is 41.3 Å². The van der Waals surface area contributed by atoms with E-state index in [0.29, 0.717) is 25.7 Å². The number of sulfonamides is 1. The maximum absolute atomic E-state index is 11.8. The molecule has 138 valence electrons. The Morgan fingerprint density at radius 3 is 2.00 bits per heavy atom. The Morgan fingerprint density at radius 1 is 1.00 bits per heavy atom. The zero-order chi connectivity index (χ0) is 18.9. The number of rotatable bonds is 11. The highest BCUT2D eigenvalue weighted by atomic mass is 32.2. The van der Waals surface area contributed by atoms with E-state index in [-0.39, 0.29) is 16.5 Å². The molecule has 0 spiro atoms. The molecule has 0 saturated heterocycles. The zero-order valence-corrected chi connectivity index (χ0v) is 15.7. The van der Waals surface area contributed by atoms with Crippen LogP contribution in [0.2, 0.25) is 0 Å². The molecular weight excluding hydrogens is 338 g/mol. The highest BCUT2D eigenvalue weighted by Gasteiger charge is 2.22. The van der Waals surface area contributed by atoms with Crippen LogP contribution in [0.1, 0.15) is 51.5 Å². The smallest absolute Gasteiger partial charge is 0.238 e. The molecule has 0 aliphatic carbocycles. The normalized spacial score (nSPS) is 12.0. The summed E-state index contributed by atoms with van der Waals surface area (Å²) < 4.78 is 22.4. The first-order chi connectivity index (χ1) is 11.8. The topological polar surface area (TPSA) is 94.3 Å². The Labute approximate surface area is 150 Å². The monoisotopic (exact) mass is 365 g/mol. The van der Waals surface area contributed by atoms with Crippen LogP contribution in [0.5, 0.6) is 0 Å². The largest absolute Gasteiger partial charge is 0.299 e. The Morgan fingerprint density at radius 2 is 1.52 bits per heavy atom. The van der Waals surface area contributed by atoms with E-state index in [0.717, 1.165) is 18.4 Å². The van der Waals surface area contributed by atoms with Crippen molar-refractivity contribution in [1.29, 1.82) is 0 Å². The fourth-order valence-corrected chi connectivity index (χ4v) is 3.10. The molecule has 6 heteroatoms. The SMILES string of the molecule is CCC(=O)C(CC/C=C/CCc1ccc(S(N)(=O)=O)cc1)C(=O)CC. The van der Waals surface area contributed by atoms with E-state index in [1.807, 2.05) is 12.2 Å². The molecule has 0 heterocycles. The molecular formula is C19H27NO4S. The Kier molecular flexibility index (Phi) is 8.72. The molecule has 0 fully saturated rings. The van der Waals surface area contributed by atoms with Gasteiger partial charge in [-0.15, -0.1) is 0 Å². The summed E-state index contributed by atoms with van der Waals surface area (Å²) in [6.07, 6.45) is 7.68. The van der Waals surface area contributed by atoms with Gasteiger partial charge in [0.15, 0.2) is 0 Å². The van der Waals surface area contributed by atoms with Crippen molar-refractivity contribution >= 4 is 21.6 Å². The Hall–Kier alpha value is -1.79. The first-order valence-electron chi connectivity index (χ1n) is 8.61. The molecule has 25 heavy (non-hydrogen) atoms. The van der Waals surface area contributed by atoms with Crippen molar-refractivity contribution in [1.82, 2.24) is 0 Å². The van der Waals surface area contributed by atoms with Crippen molar-refractivity contribution < 1.29 is 18.0 Å². The summed E-state index contributed by atoms with van der Waals surface area (Å²) in [4.78, 5) is 23.7. The molecule has 0 unspecified atom stereocenters. The van der Waals surface area contributed by atoms with Gasteiger partial charge >= 0.3 is 0 Å². The predicted molar refractivity (Wildman–Crippen MR) is 98.6 cm³/mol. The van der Waals surface area contributed by atoms with Gasteiger partial charge < -0.3 is 0 Å². The van der Waals surface area contributed by atoms with E-state index in [1.54, 1.807) is 26.0 Å². The minimum atomic E-state index is -3.65. The summed E-state index contributed by atoms with van der Waals surface area (Å²) in [7, 11) is -3.65. The number of ketones is 2. The number of hydrogen-bond acceptors (Lipinski definition) is 4. The molecule has 0 aliphatic rings. The number of benzene rings is 1. The van der Waals surface area contributed by atoms with Crippen molar-refractivity contribution in [2.45, 2.75) is 57.3 Å². The van der Waals surface area contributed by atoms with Crippen molar-refractivity contribution in [3.05, 3.63) is 42.0 Å². The maximum atomic E-state index is 11.8. The summed E-state index contributed by atoms with van der Waals surface area (Å²) in [6, 6.07) is 6.52. The third-order valence-corrected chi connectivity index (χ3v) is 5.04. The number of carbonyl (C=O) groups is 2. The van der Waals surface area contributed by atoms with E-state index >= 15 is 0 Å². The van der Waals surface area contributed by atoms with Crippen LogP contribution in [0.25, 0.3) is 0 Å². The summed E-state index contributed by atoms with van der Waals surface area (Å²) in [5.41, 5.74) is 1.03. The van der Waals surface area contributed by atoms with Gasteiger partial charge in [-0.25, -0.2) is 13.6 Å². The fraction of sp³-hybridized carbons (Fsp3) is 0.474. The number of allylic oxidation sites excluding steroid dienone is 2. The summed E-state index contributed by atoms with van der Waals surface area (Å²) in [6.45, 7) is 3.57. The van der Waals surface area contributed by atoms with Crippen LogP contribution >= 0.6 is 0 Å². The summed E-state index contributed by atoms with van der Waals surface area (Å²) in [5.74, 6) is -0.421. The Balaban J connectivity index is 2.43. The number of carbonyl (C=O) groups excluding carboxylic acids is 2. The molecule has 0 radical (unpaired) electrons. The van der Waals surface area contributed by atoms with Crippen LogP contribution in [-0.4, -0.2) is 20.0 Å². The molecule has 0 aromatic heterocycles. The molecule has 0 amide bonds. The third-order valence-electron chi connectivity index (χ3n) is 4.11. The molecule has 0 saturated carbocycles. The van der Waals surface area contributed by atoms with Gasteiger partial charge in [0.25, 0.3) is 0 Å². The van der Waals surface area contributed by atoms with Gasteiger partial charge in [0.05, 0.1) is 10.8 Å². The molecule has 0 bridgehead atoms. The van der Waals surface area contributed by atoms with E-state index < -0.39 is 15.9 Å². The number of aryl methyl sites for hydroxylation is 1. The minimum absolute atomic E-state index is 0.0233. The average molecular weight is 365 g/mol. The van der Waals surface area contributed by atoms with Crippen molar-refractivity contribution in [2.24, 2.45) is 11.1 Å². The van der Waals surface area contributed by atoms with Gasteiger partial charge in [0.1, 0.15) is 11.6 Å². The second-order valence-electron chi connectivity index (χ2n) is 5.97. The maximum Gasteiger partial charge on any atom is 0.238 e. The van der Waals surface area contributed by atoms with Crippen molar-refractivity contribution in [2.75, 3.05) is 0 Å². The predicted octanol–water partition coefficient (Wildman–Crippen LogP) is 3.18. The van der Waals surface area contributed by atoms with Crippen molar-refractivity contribution in [3.63, 3.8) is 0 Å². The molecule has 1 rings (SSSR count). The van der Waals surface area contributed by atoms with Gasteiger partial charge in [-0.2, -0.15) is 0 Å². The summed E-state index contributed by atoms with van der Waals surface area (Å²) >= 11 is 0. The third kappa shape index (κ3) is 7.32. The average Bonchev–Trinajstić information content (AvgIpc) is 2.59. The van der Waals surface area contributed by atoms with Crippen molar-refractivity contribution in [3.8, 4) is 0 Å². The van der Waals surface area contributed by atoms with Gasteiger partial charge in [0, 0.05) is 12.8 Å². The lowest BCUT2D eigenvalue weighted by Gasteiger charge is -2.11. The molecule has 5 nitrogen and oxygen atoms in total. The lowest BCUT2D eigenvalue weighted by atomic mass is 9.91. The van der Waals surface area contributed by atoms with E-state index in [2.05, 4.69) is 0 Å². The lowest BCUT2D eigenvalue weighted by Crippen LogP contribution is -2.22. The van der Waals surface area contributed by atoms with Gasteiger partial charge in [0.2, 0.25) is 10.0 Å².